The minimum Gasteiger partial charge on any atom is -0.497 e. The van der Waals surface area contributed by atoms with Crippen molar-refractivity contribution >= 4 is 11.8 Å². The zero-order valence-electron chi connectivity index (χ0n) is 21.4. The number of fused-ring (bicyclic) bond motifs is 1. The molecular formula is C32H34N2O3. The first-order chi connectivity index (χ1) is 18.1. The van der Waals surface area contributed by atoms with Crippen LogP contribution in [0.5, 0.6) is 5.75 Å². The summed E-state index contributed by atoms with van der Waals surface area (Å²) in [5, 5.41) is 0. The van der Waals surface area contributed by atoms with Crippen molar-refractivity contribution in [2.75, 3.05) is 20.2 Å². The summed E-state index contributed by atoms with van der Waals surface area (Å²) < 4.78 is 5.53. The molecule has 190 valence electrons. The van der Waals surface area contributed by atoms with Crippen molar-refractivity contribution in [1.29, 1.82) is 0 Å². The maximum Gasteiger partial charge on any atom is 0.254 e. The first-order valence-corrected chi connectivity index (χ1v) is 13.5. The van der Waals surface area contributed by atoms with E-state index in [1.165, 1.54) is 5.56 Å². The van der Waals surface area contributed by atoms with Crippen molar-refractivity contribution in [1.82, 2.24) is 9.80 Å². The smallest absolute Gasteiger partial charge is 0.254 e. The number of amides is 2. The normalized spacial score (nSPS) is 22.0. The lowest BCUT2D eigenvalue weighted by Gasteiger charge is -2.44. The van der Waals surface area contributed by atoms with Gasteiger partial charge in [0.2, 0.25) is 5.91 Å². The Hall–Kier alpha value is -3.60. The Morgan fingerprint density at radius 1 is 0.892 bits per heavy atom. The van der Waals surface area contributed by atoms with Gasteiger partial charge < -0.3 is 14.5 Å². The summed E-state index contributed by atoms with van der Waals surface area (Å²) in [7, 11) is 1.65. The molecule has 1 saturated heterocycles. The van der Waals surface area contributed by atoms with Gasteiger partial charge in [0.15, 0.2) is 0 Å². The van der Waals surface area contributed by atoms with Gasteiger partial charge in [0.1, 0.15) is 5.75 Å². The van der Waals surface area contributed by atoms with E-state index in [1.807, 2.05) is 53.4 Å². The third-order valence-electron chi connectivity index (χ3n) is 8.31. The lowest BCUT2D eigenvalue weighted by Crippen LogP contribution is -2.50. The fourth-order valence-electron chi connectivity index (χ4n) is 6.25. The first kappa shape index (κ1) is 23.8. The van der Waals surface area contributed by atoms with Gasteiger partial charge in [-0.15, -0.1) is 0 Å². The zero-order chi connectivity index (χ0) is 25.4. The lowest BCUT2D eigenvalue weighted by atomic mass is 9.78. The Balaban J connectivity index is 1.32. The van der Waals surface area contributed by atoms with Crippen molar-refractivity contribution in [2.45, 2.75) is 50.1 Å². The van der Waals surface area contributed by atoms with Crippen LogP contribution in [0.25, 0.3) is 0 Å². The van der Waals surface area contributed by atoms with E-state index in [-0.39, 0.29) is 23.9 Å². The number of hydrogen-bond acceptors (Lipinski definition) is 3. The van der Waals surface area contributed by atoms with E-state index in [9.17, 15) is 9.59 Å². The molecule has 3 aromatic carbocycles. The average molecular weight is 495 g/mol. The molecule has 0 aromatic heterocycles. The molecule has 3 aromatic rings. The minimum atomic E-state index is -0.424. The number of piperidine rings is 1. The predicted octanol–water partition coefficient (Wildman–Crippen LogP) is 5.62. The second kappa shape index (κ2) is 10.0. The highest BCUT2D eigenvalue weighted by atomic mass is 16.5. The third kappa shape index (κ3) is 4.63. The number of methoxy groups -OCH3 is 1. The second-order valence-electron chi connectivity index (χ2n) is 10.7. The number of carbonyl (C=O) groups is 2. The van der Waals surface area contributed by atoms with Gasteiger partial charge in [-0.2, -0.15) is 0 Å². The Bertz CT molecular complexity index is 1280. The van der Waals surface area contributed by atoms with Crippen LogP contribution in [0.2, 0.25) is 0 Å². The van der Waals surface area contributed by atoms with Crippen molar-refractivity contribution in [3.05, 3.63) is 101 Å². The van der Waals surface area contributed by atoms with E-state index in [4.69, 9.17) is 4.74 Å². The SMILES string of the molecule is COc1cccc(C2C(C(=O)N3CCC(Cc4ccccc4)CC3)c3ccccc3C(=O)N2C2CC2)c1. The highest BCUT2D eigenvalue weighted by Gasteiger charge is 2.50. The number of likely N-dealkylation sites (tertiary alicyclic amines) is 1. The maximum absolute atomic E-state index is 14.4. The molecule has 0 radical (unpaired) electrons. The number of hydrogen-bond donors (Lipinski definition) is 0. The van der Waals surface area contributed by atoms with Gasteiger partial charge in [-0.3, -0.25) is 9.59 Å². The van der Waals surface area contributed by atoms with Crippen molar-refractivity contribution in [3.63, 3.8) is 0 Å². The Morgan fingerprint density at radius 3 is 2.35 bits per heavy atom. The largest absolute Gasteiger partial charge is 0.497 e. The Labute approximate surface area is 219 Å². The van der Waals surface area contributed by atoms with Crippen LogP contribution in [0.15, 0.2) is 78.9 Å². The third-order valence-corrected chi connectivity index (χ3v) is 8.31. The molecule has 0 spiro atoms. The van der Waals surface area contributed by atoms with E-state index in [0.717, 1.165) is 62.1 Å². The summed E-state index contributed by atoms with van der Waals surface area (Å²) in [6, 6.07) is 26.1. The zero-order valence-corrected chi connectivity index (χ0v) is 21.4. The van der Waals surface area contributed by atoms with E-state index in [0.29, 0.717) is 11.5 Å². The molecule has 0 bridgehead atoms. The highest BCUT2D eigenvalue weighted by molar-refractivity contribution is 6.01. The van der Waals surface area contributed by atoms with Gasteiger partial charge in [0, 0.05) is 24.7 Å². The molecule has 1 aliphatic carbocycles. The van der Waals surface area contributed by atoms with Gasteiger partial charge in [-0.1, -0.05) is 60.7 Å². The standard InChI is InChI=1S/C32H34N2O3/c1-37-26-11-7-10-24(21-26)30-29(27-12-5-6-13-28(27)31(35)34(30)25-14-15-25)32(36)33-18-16-23(17-19-33)20-22-8-3-2-4-9-22/h2-13,21,23,25,29-30H,14-20H2,1H3. The molecule has 0 N–H and O–H groups in total. The van der Waals surface area contributed by atoms with Gasteiger partial charge in [-0.25, -0.2) is 0 Å². The van der Waals surface area contributed by atoms with Crippen molar-refractivity contribution in [3.8, 4) is 5.75 Å². The summed E-state index contributed by atoms with van der Waals surface area (Å²) in [6.45, 7) is 1.52. The van der Waals surface area contributed by atoms with E-state index < -0.39 is 5.92 Å². The van der Waals surface area contributed by atoms with Crippen molar-refractivity contribution in [2.24, 2.45) is 5.92 Å². The molecule has 2 amide bonds. The second-order valence-corrected chi connectivity index (χ2v) is 10.7. The predicted molar refractivity (Wildman–Crippen MR) is 144 cm³/mol. The molecule has 2 aliphatic heterocycles. The van der Waals surface area contributed by atoms with Gasteiger partial charge >= 0.3 is 0 Å². The number of nitrogens with zero attached hydrogens (tertiary/aromatic N) is 2. The summed E-state index contributed by atoms with van der Waals surface area (Å²) in [6.07, 6.45) is 5.04. The molecule has 5 heteroatoms. The molecule has 1 saturated carbocycles. The molecule has 2 fully saturated rings. The fraction of sp³-hybridized carbons (Fsp3) is 0.375. The van der Waals surface area contributed by atoms with E-state index >= 15 is 0 Å². The molecule has 3 aliphatic rings. The fourth-order valence-corrected chi connectivity index (χ4v) is 6.25. The van der Waals surface area contributed by atoms with Crippen LogP contribution in [0, 0.1) is 5.92 Å². The quantitative estimate of drug-likeness (QED) is 0.447. The summed E-state index contributed by atoms with van der Waals surface area (Å²) in [5.74, 6) is 1.08. The first-order valence-electron chi connectivity index (χ1n) is 13.5. The van der Waals surface area contributed by atoms with Crippen LogP contribution >= 0.6 is 0 Å². The molecule has 6 rings (SSSR count). The number of carbonyl (C=O) groups excluding carboxylic acids is 2. The van der Waals surface area contributed by atoms with Gasteiger partial charge in [0.05, 0.1) is 19.1 Å². The van der Waals surface area contributed by atoms with E-state index in [1.54, 1.807) is 7.11 Å². The van der Waals surface area contributed by atoms with E-state index in [2.05, 4.69) is 35.2 Å². The van der Waals surface area contributed by atoms with Crippen LogP contribution in [-0.2, 0) is 11.2 Å². The minimum absolute atomic E-state index is 0.0385. The van der Waals surface area contributed by atoms with Crippen molar-refractivity contribution < 1.29 is 14.3 Å². The average Bonchev–Trinajstić information content (AvgIpc) is 3.79. The van der Waals surface area contributed by atoms with Crippen LogP contribution in [0.3, 0.4) is 0 Å². The maximum atomic E-state index is 14.4. The summed E-state index contributed by atoms with van der Waals surface area (Å²) >= 11 is 0. The molecule has 5 nitrogen and oxygen atoms in total. The molecular weight excluding hydrogens is 460 g/mol. The van der Waals surface area contributed by atoms with Crippen LogP contribution < -0.4 is 4.74 Å². The monoisotopic (exact) mass is 494 g/mol. The number of rotatable bonds is 6. The number of ether oxygens (including phenoxy) is 1. The highest BCUT2D eigenvalue weighted by Crippen LogP contribution is 2.49. The molecule has 37 heavy (non-hydrogen) atoms. The van der Waals surface area contributed by atoms with Gasteiger partial charge in [0.25, 0.3) is 5.91 Å². The van der Waals surface area contributed by atoms with Gasteiger partial charge in [-0.05, 0) is 72.9 Å². The molecule has 2 atom stereocenters. The van der Waals surface area contributed by atoms with Crippen LogP contribution in [0.1, 0.15) is 64.7 Å². The summed E-state index contributed by atoms with van der Waals surface area (Å²) in [4.78, 5) is 32.2. The molecule has 2 unspecified atom stereocenters. The van der Waals surface area contributed by atoms with Crippen LogP contribution in [-0.4, -0.2) is 47.9 Å². The Morgan fingerprint density at radius 2 is 1.62 bits per heavy atom. The Kier molecular flexibility index (Phi) is 6.45. The summed E-state index contributed by atoms with van der Waals surface area (Å²) in [5.41, 5.74) is 3.86. The number of benzene rings is 3. The lowest BCUT2D eigenvalue weighted by molar-refractivity contribution is -0.136. The van der Waals surface area contributed by atoms with Crippen LogP contribution in [0.4, 0.5) is 0 Å². The topological polar surface area (TPSA) is 49.9 Å². The molecule has 2 heterocycles.